The number of hydrogen-bond acceptors (Lipinski definition) is 4. The molecule has 0 radical (unpaired) electrons. The molecule has 4 aliphatic rings. The van der Waals surface area contributed by atoms with Gasteiger partial charge in [0.15, 0.2) is 0 Å². The van der Waals surface area contributed by atoms with Crippen LogP contribution in [-0.4, -0.2) is 41.1 Å². The number of aliphatic hydroxyl groups excluding tert-OH is 1. The summed E-state index contributed by atoms with van der Waals surface area (Å²) in [5, 5.41) is 10.2. The summed E-state index contributed by atoms with van der Waals surface area (Å²) in [7, 11) is 0. The molecule has 6 atom stereocenters. The van der Waals surface area contributed by atoms with Crippen molar-refractivity contribution in [1.29, 1.82) is 0 Å². The molecule has 32 heavy (non-hydrogen) atoms. The summed E-state index contributed by atoms with van der Waals surface area (Å²) in [5.41, 5.74) is 3.45. The maximum Gasteiger partial charge on any atom is 0.302 e. The minimum atomic E-state index is -0.190. The van der Waals surface area contributed by atoms with Crippen molar-refractivity contribution < 1.29 is 19.4 Å². The molecule has 0 aromatic carbocycles. The lowest BCUT2D eigenvalue weighted by Crippen LogP contribution is -2.51. The van der Waals surface area contributed by atoms with E-state index in [9.17, 15) is 14.7 Å². The Bertz CT molecular complexity index is 911. The van der Waals surface area contributed by atoms with Gasteiger partial charge in [0, 0.05) is 31.4 Å². The number of terminal acetylenes is 1. The van der Waals surface area contributed by atoms with Gasteiger partial charge in [0.2, 0.25) is 5.91 Å². The number of hydrogen-bond donors (Lipinski definition) is 1. The number of rotatable bonds is 4. The number of fused-ring (bicyclic) bond motifs is 5. The Morgan fingerprint density at radius 3 is 2.53 bits per heavy atom. The highest BCUT2D eigenvalue weighted by atomic mass is 16.5. The van der Waals surface area contributed by atoms with Crippen molar-refractivity contribution in [2.75, 3.05) is 13.2 Å². The topological polar surface area (TPSA) is 66.8 Å². The summed E-state index contributed by atoms with van der Waals surface area (Å²) in [6, 6.07) is 0. The van der Waals surface area contributed by atoms with Gasteiger partial charge >= 0.3 is 5.97 Å². The number of carbonyl (C=O) groups is 2. The van der Waals surface area contributed by atoms with Crippen molar-refractivity contribution >= 4 is 11.9 Å². The molecule has 0 bridgehead atoms. The Morgan fingerprint density at radius 2 is 1.91 bits per heavy atom. The van der Waals surface area contributed by atoms with Crippen LogP contribution in [0.1, 0.15) is 72.6 Å². The summed E-state index contributed by atoms with van der Waals surface area (Å²) >= 11 is 0. The first-order valence-corrected chi connectivity index (χ1v) is 12.1. The van der Waals surface area contributed by atoms with Gasteiger partial charge in [-0.2, -0.15) is 0 Å². The van der Waals surface area contributed by atoms with Crippen LogP contribution in [0.4, 0.5) is 0 Å². The monoisotopic (exact) mass is 439 g/mol. The van der Waals surface area contributed by atoms with Crippen LogP contribution in [0.3, 0.4) is 0 Å². The third-order valence-corrected chi connectivity index (χ3v) is 9.21. The van der Waals surface area contributed by atoms with Crippen LogP contribution >= 0.6 is 0 Å². The van der Waals surface area contributed by atoms with E-state index < -0.39 is 0 Å². The molecule has 2 fully saturated rings. The number of esters is 1. The molecule has 0 saturated heterocycles. The van der Waals surface area contributed by atoms with Crippen LogP contribution in [0.2, 0.25) is 0 Å². The zero-order valence-corrected chi connectivity index (χ0v) is 19.9. The quantitative estimate of drug-likeness (QED) is 0.405. The molecular formula is C27H37NO4. The maximum atomic E-state index is 12.5. The lowest BCUT2D eigenvalue weighted by Gasteiger charge is -2.58. The summed E-state index contributed by atoms with van der Waals surface area (Å²) in [4.78, 5) is 25.7. The molecule has 0 aromatic heterocycles. The van der Waals surface area contributed by atoms with Crippen molar-refractivity contribution in [2.24, 2.45) is 28.6 Å². The predicted molar refractivity (Wildman–Crippen MR) is 123 cm³/mol. The molecule has 0 aliphatic heterocycles. The number of nitrogens with zero attached hydrogens (tertiary/aromatic N) is 1. The Morgan fingerprint density at radius 1 is 1.19 bits per heavy atom. The first-order valence-electron chi connectivity index (χ1n) is 12.1. The van der Waals surface area contributed by atoms with E-state index in [0.717, 1.165) is 56.2 Å². The van der Waals surface area contributed by atoms with E-state index in [4.69, 9.17) is 11.2 Å². The normalized spacial score (nSPS) is 38.1. The van der Waals surface area contributed by atoms with Gasteiger partial charge in [-0.05, 0) is 67.3 Å². The smallest absolute Gasteiger partial charge is 0.302 e. The molecule has 174 valence electrons. The van der Waals surface area contributed by atoms with Gasteiger partial charge in [-0.25, -0.2) is 0 Å². The van der Waals surface area contributed by atoms with Gasteiger partial charge in [-0.15, -0.1) is 6.42 Å². The van der Waals surface area contributed by atoms with Crippen molar-refractivity contribution in [3.8, 4) is 12.3 Å². The molecular weight excluding hydrogens is 402 g/mol. The Kier molecular flexibility index (Phi) is 6.05. The van der Waals surface area contributed by atoms with Gasteiger partial charge in [-0.3, -0.25) is 9.59 Å². The Hall–Kier alpha value is -2.06. The molecule has 1 amide bonds. The summed E-state index contributed by atoms with van der Waals surface area (Å²) in [6.07, 6.45) is 14.8. The lowest BCUT2D eigenvalue weighted by molar-refractivity contribution is -0.148. The van der Waals surface area contributed by atoms with Crippen molar-refractivity contribution in [2.45, 2.75) is 78.7 Å². The van der Waals surface area contributed by atoms with Crippen molar-refractivity contribution in [3.63, 3.8) is 0 Å². The van der Waals surface area contributed by atoms with Crippen LogP contribution in [-0.2, 0) is 14.3 Å². The van der Waals surface area contributed by atoms with Gasteiger partial charge in [-0.1, -0.05) is 31.4 Å². The number of ether oxygens (including phenoxy) is 1. The highest BCUT2D eigenvalue weighted by Crippen LogP contribution is 2.66. The summed E-state index contributed by atoms with van der Waals surface area (Å²) in [5.74, 6) is 3.91. The van der Waals surface area contributed by atoms with E-state index in [1.165, 1.54) is 12.5 Å². The summed E-state index contributed by atoms with van der Waals surface area (Å²) < 4.78 is 5.55. The van der Waals surface area contributed by atoms with Gasteiger partial charge in [0.1, 0.15) is 6.10 Å². The second-order valence-electron chi connectivity index (χ2n) is 10.8. The molecule has 4 rings (SSSR count). The van der Waals surface area contributed by atoms with E-state index in [1.807, 2.05) is 0 Å². The zero-order chi connectivity index (χ0) is 23.3. The third kappa shape index (κ3) is 3.52. The van der Waals surface area contributed by atoms with E-state index in [2.05, 4.69) is 25.8 Å². The first-order chi connectivity index (χ1) is 15.2. The van der Waals surface area contributed by atoms with Crippen LogP contribution in [0.25, 0.3) is 0 Å². The molecule has 0 aromatic rings. The van der Waals surface area contributed by atoms with E-state index in [-0.39, 0.29) is 42.0 Å². The molecule has 0 spiro atoms. The van der Waals surface area contributed by atoms with Gasteiger partial charge < -0.3 is 14.7 Å². The zero-order valence-electron chi connectivity index (χ0n) is 19.9. The molecule has 5 nitrogen and oxygen atoms in total. The van der Waals surface area contributed by atoms with E-state index in [1.54, 1.807) is 11.8 Å². The SMILES string of the molecule is C#CCN(C(C)=O)C1=C(CO)C[C@H]2[C@@H]3CC=C4C[C@@H](OC(C)=O)CC[C@]4(C)[C@H]3CC[C@]12C. The Labute approximate surface area is 192 Å². The summed E-state index contributed by atoms with van der Waals surface area (Å²) in [6.45, 7) is 8.00. The Balaban J connectivity index is 1.64. The van der Waals surface area contributed by atoms with Crippen LogP contribution < -0.4 is 0 Å². The third-order valence-electron chi connectivity index (χ3n) is 9.21. The number of aliphatic hydroxyl groups is 1. The van der Waals surface area contributed by atoms with Crippen molar-refractivity contribution in [1.82, 2.24) is 4.90 Å². The second kappa shape index (κ2) is 8.37. The van der Waals surface area contributed by atoms with Gasteiger partial charge in [0.25, 0.3) is 0 Å². The molecule has 5 heteroatoms. The minimum Gasteiger partial charge on any atom is -0.462 e. The first kappa shape index (κ1) is 23.1. The largest absolute Gasteiger partial charge is 0.462 e. The highest BCUT2D eigenvalue weighted by molar-refractivity contribution is 5.76. The minimum absolute atomic E-state index is 0.00543. The van der Waals surface area contributed by atoms with Crippen LogP contribution in [0.5, 0.6) is 0 Å². The number of carbonyl (C=O) groups excluding carboxylic acids is 2. The second-order valence-corrected chi connectivity index (χ2v) is 10.8. The number of allylic oxidation sites excluding steroid dienone is 2. The van der Waals surface area contributed by atoms with Gasteiger partial charge in [0.05, 0.1) is 13.2 Å². The molecule has 1 N–H and O–H groups in total. The fourth-order valence-corrected chi connectivity index (χ4v) is 7.80. The predicted octanol–water partition coefficient (Wildman–Crippen LogP) is 4.22. The molecule has 0 unspecified atom stereocenters. The average molecular weight is 440 g/mol. The van der Waals surface area contributed by atoms with Crippen LogP contribution in [0.15, 0.2) is 22.9 Å². The molecule has 2 saturated carbocycles. The lowest BCUT2D eigenvalue weighted by atomic mass is 9.47. The van der Waals surface area contributed by atoms with Crippen molar-refractivity contribution in [3.05, 3.63) is 22.9 Å². The maximum absolute atomic E-state index is 12.5. The molecule has 4 aliphatic carbocycles. The fraction of sp³-hybridized carbons (Fsp3) is 0.704. The average Bonchev–Trinajstić information content (AvgIpc) is 3.04. The highest BCUT2D eigenvalue weighted by Gasteiger charge is 2.59. The standard InChI is InChI=1S/C27H37NO4/c1-6-13-28(17(2)30)25-19(16-29)14-24-22-8-7-20-15-21(32-18(3)31)9-11-26(20,4)23(22)10-12-27(24,25)5/h1,7,21-24,29H,8-16H2,2-5H3/t21-,22+,23-,24-,26-,27-/m0/s1. The fourth-order valence-electron chi connectivity index (χ4n) is 7.80. The van der Waals surface area contributed by atoms with E-state index in [0.29, 0.717) is 17.8 Å². The number of amides is 1. The van der Waals surface area contributed by atoms with Crippen LogP contribution in [0, 0.1) is 40.9 Å². The molecule has 0 heterocycles. The van der Waals surface area contributed by atoms with E-state index >= 15 is 0 Å².